The number of hydrogen-bond acceptors (Lipinski definition) is 3. The third-order valence-corrected chi connectivity index (χ3v) is 6.64. The van der Waals surface area contributed by atoms with E-state index in [0.29, 0.717) is 24.1 Å². The number of esters is 1. The van der Waals surface area contributed by atoms with Gasteiger partial charge in [-0.05, 0) is 75.8 Å². The van der Waals surface area contributed by atoms with Gasteiger partial charge in [-0.2, -0.15) is 5.10 Å². The number of benzene rings is 1. The van der Waals surface area contributed by atoms with Crippen LogP contribution < -0.4 is 0 Å². The topological polar surface area (TPSA) is 44.1 Å². The van der Waals surface area contributed by atoms with Crippen LogP contribution in [0.25, 0.3) is 5.69 Å². The normalized spacial score (nSPS) is 28.7. The van der Waals surface area contributed by atoms with Crippen molar-refractivity contribution in [3.63, 3.8) is 0 Å². The summed E-state index contributed by atoms with van der Waals surface area (Å²) < 4.78 is 7.44. The predicted octanol–water partition coefficient (Wildman–Crippen LogP) is 4.75. The van der Waals surface area contributed by atoms with Gasteiger partial charge >= 0.3 is 5.97 Å². The Bertz CT molecular complexity index is 838. The van der Waals surface area contributed by atoms with E-state index in [4.69, 9.17) is 9.84 Å². The second kappa shape index (κ2) is 5.97. The SMILES string of the molecule is CCOC(=O)c1nn(-c2ccc(C)cc2)c2c1C1CC3CC(C1)CC2C3. The number of carbonyl (C=O) groups excluding carboxylic acids is 1. The predicted molar refractivity (Wildman–Crippen MR) is 99.8 cm³/mol. The molecule has 4 aliphatic carbocycles. The van der Waals surface area contributed by atoms with Crippen molar-refractivity contribution in [2.45, 2.75) is 57.8 Å². The lowest BCUT2D eigenvalue weighted by molar-refractivity contribution is 0.0515. The first-order chi connectivity index (χ1) is 12.6. The molecule has 6 rings (SSSR count). The Hall–Kier alpha value is -2.10. The van der Waals surface area contributed by atoms with E-state index in [1.807, 2.05) is 6.92 Å². The first kappa shape index (κ1) is 16.1. The van der Waals surface area contributed by atoms with Crippen LogP contribution in [0.3, 0.4) is 0 Å². The van der Waals surface area contributed by atoms with E-state index >= 15 is 0 Å². The highest BCUT2D eigenvalue weighted by atomic mass is 16.5. The molecule has 26 heavy (non-hydrogen) atoms. The summed E-state index contributed by atoms with van der Waals surface area (Å²) in [6, 6.07) is 8.47. The maximum absolute atomic E-state index is 12.7. The lowest BCUT2D eigenvalue weighted by Crippen LogP contribution is -2.27. The fraction of sp³-hybridized carbons (Fsp3) is 0.545. The lowest BCUT2D eigenvalue weighted by atomic mass is 9.67. The molecule has 1 heterocycles. The van der Waals surface area contributed by atoms with Gasteiger partial charge in [0.2, 0.25) is 0 Å². The minimum atomic E-state index is -0.254. The Morgan fingerprint density at radius 1 is 1.08 bits per heavy atom. The fourth-order valence-corrected chi connectivity index (χ4v) is 5.78. The number of aryl methyl sites for hydroxylation is 1. The number of rotatable bonds is 3. The molecule has 2 fully saturated rings. The highest BCUT2D eigenvalue weighted by Gasteiger charge is 2.46. The summed E-state index contributed by atoms with van der Waals surface area (Å²) in [7, 11) is 0. The molecule has 4 aliphatic rings. The average Bonchev–Trinajstić information content (AvgIpc) is 2.94. The second-order valence-corrected chi connectivity index (χ2v) is 8.42. The molecular formula is C22H26N2O2. The highest BCUT2D eigenvalue weighted by molar-refractivity contribution is 5.90. The summed E-state index contributed by atoms with van der Waals surface area (Å²) in [6.07, 6.45) is 6.31. The van der Waals surface area contributed by atoms with E-state index < -0.39 is 0 Å². The minimum Gasteiger partial charge on any atom is -0.461 e. The number of aromatic nitrogens is 2. The van der Waals surface area contributed by atoms with E-state index in [1.54, 1.807) is 0 Å². The van der Waals surface area contributed by atoms with Crippen LogP contribution >= 0.6 is 0 Å². The van der Waals surface area contributed by atoms with Crippen molar-refractivity contribution in [3.8, 4) is 5.69 Å². The molecule has 4 bridgehead atoms. The number of nitrogens with zero attached hydrogens (tertiary/aromatic N) is 2. The first-order valence-corrected chi connectivity index (χ1v) is 10.0. The molecule has 1 aromatic heterocycles. The number of hydrogen-bond donors (Lipinski definition) is 0. The van der Waals surface area contributed by atoms with Crippen LogP contribution in [0, 0.1) is 18.8 Å². The molecule has 1 aromatic carbocycles. The summed E-state index contributed by atoms with van der Waals surface area (Å²) in [5.41, 5.74) is 5.37. The van der Waals surface area contributed by atoms with Crippen molar-refractivity contribution in [1.82, 2.24) is 9.78 Å². The maximum atomic E-state index is 12.7. The molecule has 2 saturated carbocycles. The van der Waals surface area contributed by atoms with Crippen LogP contribution in [0.5, 0.6) is 0 Å². The highest BCUT2D eigenvalue weighted by Crippen LogP contribution is 2.57. The van der Waals surface area contributed by atoms with Gasteiger partial charge < -0.3 is 4.74 Å². The molecule has 2 unspecified atom stereocenters. The van der Waals surface area contributed by atoms with Gasteiger partial charge in [-0.25, -0.2) is 9.48 Å². The largest absolute Gasteiger partial charge is 0.461 e. The molecule has 136 valence electrons. The number of carbonyl (C=O) groups is 1. The molecule has 2 aromatic rings. The van der Waals surface area contributed by atoms with Gasteiger partial charge in [0.05, 0.1) is 18.0 Å². The van der Waals surface area contributed by atoms with Gasteiger partial charge in [0.1, 0.15) is 0 Å². The molecular weight excluding hydrogens is 324 g/mol. The van der Waals surface area contributed by atoms with Gasteiger partial charge in [0, 0.05) is 11.5 Å². The summed E-state index contributed by atoms with van der Waals surface area (Å²) in [4.78, 5) is 12.7. The van der Waals surface area contributed by atoms with E-state index in [-0.39, 0.29) is 5.97 Å². The van der Waals surface area contributed by atoms with Crippen LogP contribution in [0.2, 0.25) is 0 Å². The van der Waals surface area contributed by atoms with Crippen LogP contribution in [0.15, 0.2) is 24.3 Å². The van der Waals surface area contributed by atoms with Crippen molar-refractivity contribution >= 4 is 5.97 Å². The van der Waals surface area contributed by atoms with Gasteiger partial charge in [-0.1, -0.05) is 17.7 Å². The quantitative estimate of drug-likeness (QED) is 0.751. The molecule has 4 heteroatoms. The molecule has 0 N–H and O–H groups in total. The van der Waals surface area contributed by atoms with Crippen molar-refractivity contribution in [2.24, 2.45) is 11.8 Å². The maximum Gasteiger partial charge on any atom is 0.359 e. The molecule has 2 atom stereocenters. The molecule has 4 nitrogen and oxygen atoms in total. The summed E-state index contributed by atoms with van der Waals surface area (Å²) in [6.45, 7) is 4.35. The van der Waals surface area contributed by atoms with Gasteiger partial charge in [-0.15, -0.1) is 0 Å². The summed E-state index contributed by atoms with van der Waals surface area (Å²) >= 11 is 0. The molecule has 0 radical (unpaired) electrons. The molecule has 0 amide bonds. The van der Waals surface area contributed by atoms with Crippen LogP contribution in [-0.2, 0) is 4.74 Å². The Morgan fingerprint density at radius 3 is 2.38 bits per heavy atom. The zero-order valence-electron chi connectivity index (χ0n) is 15.6. The third kappa shape index (κ3) is 2.42. The molecule has 0 aliphatic heterocycles. The fourth-order valence-electron chi connectivity index (χ4n) is 5.78. The number of ether oxygens (including phenoxy) is 1. The van der Waals surface area contributed by atoms with Crippen LogP contribution in [0.1, 0.15) is 78.2 Å². The van der Waals surface area contributed by atoms with Crippen molar-refractivity contribution < 1.29 is 9.53 Å². The molecule has 0 saturated heterocycles. The standard InChI is InChI=1S/C22H26N2O2/c1-3-26-22(25)20-19-16-9-14-8-15(10-16)12-17(11-14)21(19)24(23-20)18-6-4-13(2)5-7-18/h4-7,14-17H,3,8-12H2,1-2H3. The minimum absolute atomic E-state index is 0.254. The summed E-state index contributed by atoms with van der Waals surface area (Å²) in [5, 5.41) is 4.82. The van der Waals surface area contributed by atoms with Crippen LogP contribution in [0.4, 0.5) is 0 Å². The Morgan fingerprint density at radius 2 is 1.73 bits per heavy atom. The summed E-state index contributed by atoms with van der Waals surface area (Å²) in [5.74, 6) is 2.37. The van der Waals surface area contributed by atoms with Gasteiger partial charge in [-0.3, -0.25) is 0 Å². The van der Waals surface area contributed by atoms with Crippen LogP contribution in [-0.4, -0.2) is 22.4 Å². The van der Waals surface area contributed by atoms with E-state index in [2.05, 4.69) is 35.9 Å². The monoisotopic (exact) mass is 350 g/mol. The lowest BCUT2D eigenvalue weighted by Gasteiger charge is -2.38. The smallest absolute Gasteiger partial charge is 0.359 e. The van der Waals surface area contributed by atoms with Gasteiger partial charge in [0.15, 0.2) is 5.69 Å². The third-order valence-electron chi connectivity index (χ3n) is 6.64. The Labute approximate surface area is 154 Å². The second-order valence-electron chi connectivity index (χ2n) is 8.42. The van der Waals surface area contributed by atoms with E-state index in [0.717, 1.165) is 17.5 Å². The zero-order valence-corrected chi connectivity index (χ0v) is 15.6. The Kier molecular flexibility index (Phi) is 3.70. The van der Waals surface area contributed by atoms with Crippen molar-refractivity contribution in [3.05, 3.63) is 46.8 Å². The van der Waals surface area contributed by atoms with Crippen molar-refractivity contribution in [2.75, 3.05) is 6.61 Å². The van der Waals surface area contributed by atoms with E-state index in [9.17, 15) is 4.79 Å². The molecule has 0 spiro atoms. The van der Waals surface area contributed by atoms with E-state index in [1.165, 1.54) is 48.9 Å². The first-order valence-electron chi connectivity index (χ1n) is 10.0. The average molecular weight is 350 g/mol. The zero-order chi connectivity index (χ0) is 17.8. The van der Waals surface area contributed by atoms with Gasteiger partial charge in [0.25, 0.3) is 0 Å². The Balaban J connectivity index is 1.71. The van der Waals surface area contributed by atoms with Crippen molar-refractivity contribution in [1.29, 1.82) is 0 Å².